The van der Waals surface area contributed by atoms with E-state index in [0.717, 1.165) is 34.7 Å². The van der Waals surface area contributed by atoms with E-state index >= 15 is 0 Å². The van der Waals surface area contributed by atoms with Crippen LogP contribution < -0.4 is 5.32 Å². The Hall–Kier alpha value is -1.13. The molecule has 1 heterocycles. The highest BCUT2D eigenvalue weighted by Crippen LogP contribution is 2.28. The number of hydrogen-bond donors (Lipinski definition) is 1. The predicted octanol–water partition coefficient (Wildman–Crippen LogP) is 2.92. The molecular formula is C14H18BrN3. The number of halogens is 1. The number of imidazole rings is 1. The number of benzene rings is 1. The summed E-state index contributed by atoms with van der Waals surface area (Å²) in [5.74, 6) is 1.09. The molecule has 1 aromatic heterocycles. The molecule has 0 bridgehead atoms. The van der Waals surface area contributed by atoms with Crippen molar-refractivity contribution in [2.24, 2.45) is 7.05 Å². The molecule has 3 nitrogen and oxygen atoms in total. The second kappa shape index (κ2) is 5.67. The van der Waals surface area contributed by atoms with Gasteiger partial charge in [0.05, 0.1) is 0 Å². The summed E-state index contributed by atoms with van der Waals surface area (Å²) in [6.45, 7) is 3.03. The number of hydrogen-bond acceptors (Lipinski definition) is 2. The predicted molar refractivity (Wildman–Crippen MR) is 78.7 cm³/mol. The van der Waals surface area contributed by atoms with Crippen LogP contribution in [0.4, 0.5) is 0 Å². The zero-order valence-electron chi connectivity index (χ0n) is 11.0. The van der Waals surface area contributed by atoms with Crippen molar-refractivity contribution >= 4 is 15.9 Å². The lowest BCUT2D eigenvalue weighted by Crippen LogP contribution is -2.13. The van der Waals surface area contributed by atoms with E-state index in [4.69, 9.17) is 4.98 Å². The molecule has 0 aliphatic carbocycles. The second-order valence-corrected chi connectivity index (χ2v) is 5.20. The molecule has 0 aliphatic rings. The van der Waals surface area contributed by atoms with E-state index in [0.29, 0.717) is 0 Å². The van der Waals surface area contributed by atoms with Crippen LogP contribution in [0.2, 0.25) is 0 Å². The van der Waals surface area contributed by atoms with E-state index in [1.165, 1.54) is 5.56 Å². The quantitative estimate of drug-likeness (QED) is 0.941. The highest BCUT2D eigenvalue weighted by molar-refractivity contribution is 9.10. The van der Waals surface area contributed by atoms with Gasteiger partial charge in [0, 0.05) is 25.6 Å². The molecule has 0 aliphatic heterocycles. The average molecular weight is 308 g/mol. The van der Waals surface area contributed by atoms with Crippen LogP contribution in [0, 0.1) is 6.92 Å². The Morgan fingerprint density at radius 2 is 2.17 bits per heavy atom. The summed E-state index contributed by atoms with van der Waals surface area (Å²) < 4.78 is 3.15. The van der Waals surface area contributed by atoms with E-state index < -0.39 is 0 Å². The highest BCUT2D eigenvalue weighted by Gasteiger charge is 2.13. The molecule has 18 heavy (non-hydrogen) atoms. The van der Waals surface area contributed by atoms with Crippen molar-refractivity contribution in [2.75, 3.05) is 13.6 Å². The minimum absolute atomic E-state index is 0.928. The van der Waals surface area contributed by atoms with E-state index in [9.17, 15) is 0 Å². The normalized spacial score (nSPS) is 10.9. The number of rotatable bonds is 4. The van der Waals surface area contributed by atoms with Gasteiger partial charge in [-0.15, -0.1) is 0 Å². The van der Waals surface area contributed by atoms with Gasteiger partial charge in [0.25, 0.3) is 0 Å². The number of likely N-dealkylation sites (N-methyl/N-ethyl adjacent to an activating group) is 1. The average Bonchev–Trinajstić information content (AvgIpc) is 2.64. The smallest absolute Gasteiger partial charge is 0.112 e. The number of aryl methyl sites for hydroxylation is 1. The molecule has 0 spiro atoms. The molecule has 0 fully saturated rings. The van der Waals surface area contributed by atoms with Crippen LogP contribution in [0.5, 0.6) is 0 Å². The molecule has 0 saturated heterocycles. The third kappa shape index (κ3) is 2.65. The monoisotopic (exact) mass is 307 g/mol. The van der Waals surface area contributed by atoms with Crippen molar-refractivity contribution in [1.82, 2.24) is 14.9 Å². The van der Waals surface area contributed by atoms with Gasteiger partial charge in [0.15, 0.2) is 0 Å². The van der Waals surface area contributed by atoms with E-state index in [1.54, 1.807) is 0 Å². The molecular weight excluding hydrogens is 290 g/mol. The number of nitrogens with one attached hydrogen (secondary N) is 1. The van der Waals surface area contributed by atoms with Gasteiger partial charge in [-0.1, -0.05) is 23.8 Å². The summed E-state index contributed by atoms with van der Waals surface area (Å²) in [6.07, 6.45) is 0.928. The lowest BCUT2D eigenvalue weighted by Gasteiger charge is -2.01. The van der Waals surface area contributed by atoms with Crippen LogP contribution in [0.15, 0.2) is 28.9 Å². The molecule has 0 saturated carbocycles. The maximum absolute atomic E-state index is 4.73. The number of nitrogens with zero attached hydrogens (tertiary/aromatic N) is 2. The van der Waals surface area contributed by atoms with Gasteiger partial charge in [0.2, 0.25) is 0 Å². The van der Waals surface area contributed by atoms with Gasteiger partial charge >= 0.3 is 0 Å². The Balaban J connectivity index is 2.39. The topological polar surface area (TPSA) is 29.9 Å². The molecule has 0 unspecified atom stereocenters. The van der Waals surface area contributed by atoms with Crippen molar-refractivity contribution in [3.05, 3.63) is 40.3 Å². The largest absolute Gasteiger partial charge is 0.325 e. The Kier molecular flexibility index (Phi) is 4.19. The molecule has 0 atom stereocenters. The summed E-state index contributed by atoms with van der Waals surface area (Å²) in [7, 11) is 4.00. The lowest BCUT2D eigenvalue weighted by atomic mass is 10.1. The van der Waals surface area contributed by atoms with Crippen LogP contribution in [-0.2, 0) is 13.5 Å². The van der Waals surface area contributed by atoms with Crippen LogP contribution in [0.3, 0.4) is 0 Å². The van der Waals surface area contributed by atoms with Gasteiger partial charge < -0.3 is 9.88 Å². The van der Waals surface area contributed by atoms with Crippen LogP contribution in [0.1, 0.15) is 11.4 Å². The Labute approximate surface area is 116 Å². The fourth-order valence-corrected chi connectivity index (χ4v) is 2.48. The molecule has 4 heteroatoms. The fourth-order valence-electron chi connectivity index (χ4n) is 1.96. The molecule has 96 valence electrons. The van der Waals surface area contributed by atoms with Crippen molar-refractivity contribution in [2.45, 2.75) is 13.3 Å². The Morgan fingerprint density at radius 3 is 2.83 bits per heavy atom. The molecule has 1 aromatic carbocycles. The SMILES string of the molecule is CNCCc1nc(-c2cccc(C)c2)c(Br)n1C. The first-order valence-corrected chi connectivity index (χ1v) is 6.85. The molecule has 2 aromatic rings. The van der Waals surface area contributed by atoms with Crippen LogP contribution >= 0.6 is 15.9 Å². The van der Waals surface area contributed by atoms with E-state index in [-0.39, 0.29) is 0 Å². The standard InChI is InChI=1S/C14H18BrN3/c1-10-5-4-6-11(9-10)13-14(15)18(3)12(17-13)7-8-16-2/h4-6,9,16H,7-8H2,1-3H3. The van der Waals surface area contributed by atoms with Crippen LogP contribution in [-0.4, -0.2) is 23.1 Å². The summed E-state index contributed by atoms with van der Waals surface area (Å²) in [5.41, 5.74) is 3.43. The summed E-state index contributed by atoms with van der Waals surface area (Å²) in [4.78, 5) is 4.73. The number of aromatic nitrogens is 2. The summed E-state index contributed by atoms with van der Waals surface area (Å²) >= 11 is 3.63. The lowest BCUT2D eigenvalue weighted by molar-refractivity contribution is 0.713. The highest BCUT2D eigenvalue weighted by atomic mass is 79.9. The first-order valence-electron chi connectivity index (χ1n) is 6.06. The second-order valence-electron chi connectivity index (χ2n) is 4.45. The Morgan fingerprint density at radius 1 is 1.39 bits per heavy atom. The zero-order valence-corrected chi connectivity index (χ0v) is 12.6. The van der Waals surface area contributed by atoms with Crippen LogP contribution in [0.25, 0.3) is 11.3 Å². The molecule has 0 amide bonds. The molecule has 0 radical (unpaired) electrons. The first kappa shape index (κ1) is 13.3. The summed E-state index contributed by atoms with van der Waals surface area (Å²) in [6, 6.07) is 8.43. The maximum atomic E-state index is 4.73. The van der Waals surface area contributed by atoms with Gasteiger partial charge in [-0.25, -0.2) is 4.98 Å². The molecule has 2 rings (SSSR count). The van der Waals surface area contributed by atoms with Gasteiger partial charge in [-0.05, 0) is 36.0 Å². The fraction of sp³-hybridized carbons (Fsp3) is 0.357. The maximum Gasteiger partial charge on any atom is 0.112 e. The molecule has 1 N–H and O–H groups in total. The van der Waals surface area contributed by atoms with E-state index in [2.05, 4.69) is 57.0 Å². The third-order valence-electron chi connectivity index (χ3n) is 3.01. The first-order chi connectivity index (χ1) is 8.63. The van der Waals surface area contributed by atoms with Gasteiger partial charge in [-0.3, -0.25) is 0 Å². The van der Waals surface area contributed by atoms with Crippen molar-refractivity contribution in [3.63, 3.8) is 0 Å². The summed E-state index contributed by atoms with van der Waals surface area (Å²) in [5, 5.41) is 3.15. The Bertz CT molecular complexity index is 546. The minimum atomic E-state index is 0.928. The van der Waals surface area contributed by atoms with Crippen molar-refractivity contribution in [1.29, 1.82) is 0 Å². The third-order valence-corrected chi connectivity index (χ3v) is 3.92. The van der Waals surface area contributed by atoms with E-state index in [1.807, 2.05) is 14.1 Å². The van der Waals surface area contributed by atoms with Gasteiger partial charge in [0.1, 0.15) is 16.1 Å². The minimum Gasteiger partial charge on any atom is -0.325 e. The van der Waals surface area contributed by atoms with Crippen molar-refractivity contribution in [3.8, 4) is 11.3 Å². The zero-order chi connectivity index (χ0) is 13.1. The van der Waals surface area contributed by atoms with Gasteiger partial charge in [-0.2, -0.15) is 0 Å². The van der Waals surface area contributed by atoms with Crippen molar-refractivity contribution < 1.29 is 0 Å².